The fourth-order valence-electron chi connectivity index (χ4n) is 0.651. The van der Waals surface area contributed by atoms with E-state index < -0.39 is 11.9 Å². The highest BCUT2D eigenvalue weighted by Gasteiger charge is 2.08. The van der Waals surface area contributed by atoms with Crippen LogP contribution in [-0.2, 0) is 14.3 Å². The predicted octanol–water partition coefficient (Wildman–Crippen LogP) is 2.41. The molecule has 0 rings (SSSR count). The van der Waals surface area contributed by atoms with Gasteiger partial charge in [0.25, 0.3) is 0 Å². The van der Waals surface area contributed by atoms with Gasteiger partial charge in [0.05, 0.1) is 0 Å². The molecule has 0 unspecified atom stereocenters. The van der Waals surface area contributed by atoms with Crippen LogP contribution in [0.1, 0.15) is 25.7 Å². The van der Waals surface area contributed by atoms with Crippen LogP contribution < -0.4 is 0 Å². The SMILES string of the molecule is O=C(CCCBr)OC(=O)CCCBr. The molecule has 0 aromatic heterocycles. The second kappa shape index (κ2) is 8.69. The van der Waals surface area contributed by atoms with Gasteiger partial charge >= 0.3 is 11.9 Å². The zero-order chi connectivity index (χ0) is 10.1. The summed E-state index contributed by atoms with van der Waals surface area (Å²) in [5.41, 5.74) is 0. The Morgan fingerprint density at radius 2 is 1.31 bits per heavy atom. The van der Waals surface area contributed by atoms with Gasteiger partial charge < -0.3 is 4.74 Å². The molecule has 76 valence electrons. The molecule has 0 spiro atoms. The van der Waals surface area contributed by atoms with Crippen LogP contribution in [-0.4, -0.2) is 22.6 Å². The van der Waals surface area contributed by atoms with Crippen LogP contribution in [0.4, 0.5) is 0 Å². The molecule has 0 aliphatic carbocycles. The highest BCUT2D eigenvalue weighted by Crippen LogP contribution is 2.00. The van der Waals surface area contributed by atoms with E-state index in [4.69, 9.17) is 0 Å². The lowest BCUT2D eigenvalue weighted by molar-refractivity contribution is -0.159. The maximum absolute atomic E-state index is 10.9. The molecule has 0 radical (unpaired) electrons. The van der Waals surface area contributed by atoms with Crippen molar-refractivity contribution in [1.82, 2.24) is 0 Å². The molecule has 0 aromatic carbocycles. The zero-order valence-corrected chi connectivity index (χ0v) is 10.4. The second-order valence-electron chi connectivity index (χ2n) is 2.43. The minimum absolute atomic E-state index is 0.297. The normalized spacial score (nSPS) is 9.69. The molecule has 0 heterocycles. The quantitative estimate of drug-likeness (QED) is 0.429. The second-order valence-corrected chi connectivity index (χ2v) is 4.02. The van der Waals surface area contributed by atoms with Crippen LogP contribution in [0.15, 0.2) is 0 Å². The van der Waals surface area contributed by atoms with Gasteiger partial charge in [-0.05, 0) is 12.8 Å². The first-order valence-corrected chi connectivity index (χ1v) is 6.30. The molecule has 0 aromatic rings. The number of alkyl halides is 2. The number of hydrogen-bond acceptors (Lipinski definition) is 3. The lowest BCUT2D eigenvalue weighted by Crippen LogP contribution is -2.12. The Hall–Kier alpha value is 0.1000. The van der Waals surface area contributed by atoms with Gasteiger partial charge in [0.1, 0.15) is 0 Å². The van der Waals surface area contributed by atoms with Gasteiger partial charge in [0, 0.05) is 23.5 Å². The van der Waals surface area contributed by atoms with E-state index in [1.807, 2.05) is 0 Å². The van der Waals surface area contributed by atoms with Crippen molar-refractivity contribution in [2.24, 2.45) is 0 Å². The average molecular weight is 316 g/mol. The number of halogens is 2. The van der Waals surface area contributed by atoms with E-state index >= 15 is 0 Å². The van der Waals surface area contributed by atoms with E-state index in [2.05, 4.69) is 36.6 Å². The Morgan fingerprint density at radius 3 is 1.62 bits per heavy atom. The van der Waals surface area contributed by atoms with Crippen LogP contribution in [0, 0.1) is 0 Å². The molecular weight excluding hydrogens is 304 g/mol. The van der Waals surface area contributed by atoms with Gasteiger partial charge in [-0.1, -0.05) is 31.9 Å². The maximum atomic E-state index is 10.9. The maximum Gasteiger partial charge on any atom is 0.313 e. The molecule has 0 N–H and O–H groups in total. The highest BCUT2D eigenvalue weighted by molar-refractivity contribution is 9.09. The smallest absolute Gasteiger partial charge is 0.313 e. The largest absolute Gasteiger partial charge is 0.393 e. The Balaban J connectivity index is 3.47. The lowest BCUT2D eigenvalue weighted by Gasteiger charge is -2.00. The summed E-state index contributed by atoms with van der Waals surface area (Å²) in [4.78, 5) is 21.8. The monoisotopic (exact) mass is 314 g/mol. The van der Waals surface area contributed by atoms with Gasteiger partial charge in [-0.25, -0.2) is 0 Å². The summed E-state index contributed by atoms with van der Waals surface area (Å²) in [5.74, 6) is -0.863. The molecule has 13 heavy (non-hydrogen) atoms. The van der Waals surface area contributed by atoms with Crippen molar-refractivity contribution >= 4 is 43.8 Å². The third-order valence-electron chi connectivity index (χ3n) is 1.26. The van der Waals surface area contributed by atoms with Crippen molar-refractivity contribution in [3.8, 4) is 0 Å². The molecule has 0 saturated heterocycles. The van der Waals surface area contributed by atoms with Crippen LogP contribution in [0.3, 0.4) is 0 Å². The number of carbonyl (C=O) groups excluding carboxylic acids is 2. The molecular formula is C8H12Br2O3. The number of hydrogen-bond donors (Lipinski definition) is 0. The van der Waals surface area contributed by atoms with Crippen LogP contribution in [0.2, 0.25) is 0 Å². The van der Waals surface area contributed by atoms with Gasteiger partial charge in [0.2, 0.25) is 0 Å². The fourth-order valence-corrected chi connectivity index (χ4v) is 1.21. The van der Waals surface area contributed by atoms with Crippen LogP contribution >= 0.6 is 31.9 Å². The molecule has 0 atom stereocenters. The molecule has 3 nitrogen and oxygen atoms in total. The topological polar surface area (TPSA) is 43.4 Å². The summed E-state index contributed by atoms with van der Waals surface area (Å²) >= 11 is 6.37. The third kappa shape index (κ3) is 8.43. The number of ether oxygens (including phenoxy) is 1. The highest BCUT2D eigenvalue weighted by atomic mass is 79.9. The first-order valence-electron chi connectivity index (χ1n) is 4.06. The number of carbonyl (C=O) groups is 2. The van der Waals surface area contributed by atoms with Crippen LogP contribution in [0.5, 0.6) is 0 Å². The molecule has 5 heteroatoms. The van der Waals surface area contributed by atoms with Crippen molar-refractivity contribution in [2.75, 3.05) is 10.7 Å². The summed E-state index contributed by atoms with van der Waals surface area (Å²) in [6.07, 6.45) is 1.99. The molecule has 0 aliphatic rings. The predicted molar refractivity (Wildman–Crippen MR) is 57.2 cm³/mol. The summed E-state index contributed by atoms with van der Waals surface area (Å²) < 4.78 is 4.54. The first-order chi connectivity index (χ1) is 6.20. The minimum Gasteiger partial charge on any atom is -0.393 e. The summed E-state index contributed by atoms with van der Waals surface area (Å²) in [5, 5.41) is 1.50. The van der Waals surface area contributed by atoms with E-state index in [9.17, 15) is 9.59 Å². The Kier molecular flexibility index (Phi) is 8.75. The summed E-state index contributed by atoms with van der Waals surface area (Å²) in [7, 11) is 0. The first kappa shape index (κ1) is 13.1. The molecule has 0 fully saturated rings. The minimum atomic E-state index is -0.431. The summed E-state index contributed by atoms with van der Waals surface area (Å²) in [6, 6.07) is 0. The Labute approximate surface area is 94.5 Å². The zero-order valence-electron chi connectivity index (χ0n) is 7.22. The Morgan fingerprint density at radius 1 is 0.923 bits per heavy atom. The lowest BCUT2D eigenvalue weighted by atomic mass is 10.3. The standard InChI is InChI=1S/C8H12Br2O3/c9-5-1-3-7(11)13-8(12)4-2-6-10/h1-6H2. The molecule has 0 aliphatic heterocycles. The van der Waals surface area contributed by atoms with Crippen molar-refractivity contribution in [2.45, 2.75) is 25.7 Å². The van der Waals surface area contributed by atoms with Gasteiger partial charge in [-0.2, -0.15) is 0 Å². The van der Waals surface area contributed by atoms with Gasteiger partial charge in [-0.3, -0.25) is 9.59 Å². The Bertz CT molecular complexity index is 153. The fraction of sp³-hybridized carbons (Fsp3) is 0.750. The molecule has 0 bridgehead atoms. The van der Waals surface area contributed by atoms with Crippen molar-refractivity contribution in [3.63, 3.8) is 0 Å². The molecule has 0 amide bonds. The van der Waals surface area contributed by atoms with Crippen LogP contribution in [0.25, 0.3) is 0 Å². The summed E-state index contributed by atoms with van der Waals surface area (Å²) in [6.45, 7) is 0. The van der Waals surface area contributed by atoms with Gasteiger partial charge in [-0.15, -0.1) is 0 Å². The van der Waals surface area contributed by atoms with E-state index in [1.54, 1.807) is 0 Å². The third-order valence-corrected chi connectivity index (χ3v) is 2.38. The number of esters is 2. The van der Waals surface area contributed by atoms with Crippen molar-refractivity contribution in [3.05, 3.63) is 0 Å². The van der Waals surface area contributed by atoms with Gasteiger partial charge in [0.15, 0.2) is 0 Å². The van der Waals surface area contributed by atoms with E-state index in [-0.39, 0.29) is 0 Å². The van der Waals surface area contributed by atoms with Crippen molar-refractivity contribution < 1.29 is 14.3 Å². The van der Waals surface area contributed by atoms with E-state index in [0.717, 1.165) is 10.7 Å². The molecule has 0 saturated carbocycles. The average Bonchev–Trinajstić information content (AvgIpc) is 2.11. The van der Waals surface area contributed by atoms with Crippen molar-refractivity contribution in [1.29, 1.82) is 0 Å². The van der Waals surface area contributed by atoms with E-state index in [0.29, 0.717) is 25.7 Å². The number of rotatable bonds is 6. The van der Waals surface area contributed by atoms with E-state index in [1.165, 1.54) is 0 Å².